The minimum atomic E-state index is -0.574. The monoisotopic (exact) mass is 267 g/mol. The quantitative estimate of drug-likeness (QED) is 0.890. The second-order valence-electron chi connectivity index (χ2n) is 5.56. The number of aliphatic hydroxyl groups is 1. The van der Waals surface area contributed by atoms with E-state index in [1.807, 2.05) is 11.9 Å². The normalized spacial score (nSPS) is 17.9. The van der Waals surface area contributed by atoms with Gasteiger partial charge in [-0.3, -0.25) is 4.90 Å². The van der Waals surface area contributed by atoms with Crippen LogP contribution in [0.1, 0.15) is 31.2 Å². The maximum Gasteiger partial charge on any atom is 0.123 e. The summed E-state index contributed by atoms with van der Waals surface area (Å²) in [6, 6.07) is 4.53. The molecule has 0 spiro atoms. The van der Waals surface area contributed by atoms with Crippen LogP contribution in [0.2, 0.25) is 0 Å². The number of nitrogens with zero attached hydrogens (tertiary/aromatic N) is 1. The summed E-state index contributed by atoms with van der Waals surface area (Å²) in [4.78, 5) is 2.03. The first-order valence-electron chi connectivity index (χ1n) is 6.76. The van der Waals surface area contributed by atoms with E-state index in [2.05, 4.69) is 0 Å². The van der Waals surface area contributed by atoms with Crippen LogP contribution in [0.5, 0.6) is 5.75 Å². The minimum Gasteiger partial charge on any atom is -0.496 e. The molecule has 0 amide bonds. The fourth-order valence-electron chi connectivity index (χ4n) is 2.91. The van der Waals surface area contributed by atoms with Crippen LogP contribution in [-0.4, -0.2) is 36.3 Å². The highest BCUT2D eigenvalue weighted by Gasteiger charge is 2.32. The second kappa shape index (κ2) is 5.88. The number of ether oxygens (including phenoxy) is 1. The van der Waals surface area contributed by atoms with E-state index in [9.17, 15) is 9.50 Å². The van der Waals surface area contributed by atoms with E-state index >= 15 is 0 Å². The Kier molecular flexibility index (Phi) is 4.42. The Morgan fingerprint density at radius 3 is 2.68 bits per heavy atom. The van der Waals surface area contributed by atoms with E-state index in [1.54, 1.807) is 13.2 Å². The zero-order valence-corrected chi connectivity index (χ0v) is 11.7. The molecule has 1 N–H and O–H groups in total. The first kappa shape index (κ1) is 14.3. The summed E-state index contributed by atoms with van der Waals surface area (Å²) in [5.41, 5.74) is 0.238. The lowest BCUT2D eigenvalue weighted by molar-refractivity contribution is 0.0143. The molecule has 0 aromatic heterocycles. The van der Waals surface area contributed by atoms with Crippen LogP contribution >= 0.6 is 0 Å². The molecule has 0 aliphatic heterocycles. The summed E-state index contributed by atoms with van der Waals surface area (Å²) in [6.07, 6.45) is 3.90. The van der Waals surface area contributed by atoms with Gasteiger partial charge in [-0.2, -0.15) is 0 Å². The van der Waals surface area contributed by atoms with Crippen LogP contribution < -0.4 is 4.74 Å². The molecule has 2 rings (SSSR count). The molecule has 1 aliphatic carbocycles. The van der Waals surface area contributed by atoms with Crippen molar-refractivity contribution in [3.63, 3.8) is 0 Å². The molecule has 1 saturated carbocycles. The number of methoxy groups -OCH3 is 1. The van der Waals surface area contributed by atoms with Crippen molar-refractivity contribution in [1.82, 2.24) is 4.90 Å². The van der Waals surface area contributed by atoms with Gasteiger partial charge >= 0.3 is 0 Å². The molecular weight excluding hydrogens is 245 g/mol. The fourth-order valence-corrected chi connectivity index (χ4v) is 2.91. The van der Waals surface area contributed by atoms with Crippen molar-refractivity contribution in [3.05, 3.63) is 29.6 Å². The Hall–Kier alpha value is -1.13. The third-order valence-corrected chi connectivity index (χ3v) is 3.78. The highest BCUT2D eigenvalue weighted by molar-refractivity contribution is 5.33. The average molecular weight is 267 g/mol. The summed E-state index contributed by atoms with van der Waals surface area (Å²) in [5.74, 6) is 0.426. The molecular formula is C15H22FNO2. The van der Waals surface area contributed by atoms with Gasteiger partial charge in [-0.05, 0) is 38.1 Å². The third-order valence-electron chi connectivity index (χ3n) is 3.78. The Morgan fingerprint density at radius 2 is 2.05 bits per heavy atom. The molecule has 1 fully saturated rings. The van der Waals surface area contributed by atoms with Crippen LogP contribution in [0, 0.1) is 5.82 Å². The molecule has 0 atom stereocenters. The van der Waals surface area contributed by atoms with E-state index in [0.29, 0.717) is 18.8 Å². The topological polar surface area (TPSA) is 32.7 Å². The smallest absolute Gasteiger partial charge is 0.123 e. The predicted octanol–water partition coefficient (Wildman–Crippen LogP) is 2.57. The van der Waals surface area contributed by atoms with Crippen molar-refractivity contribution in [2.45, 2.75) is 37.8 Å². The van der Waals surface area contributed by atoms with Gasteiger partial charge in [0, 0.05) is 18.7 Å². The van der Waals surface area contributed by atoms with Gasteiger partial charge < -0.3 is 9.84 Å². The third kappa shape index (κ3) is 3.67. The second-order valence-corrected chi connectivity index (χ2v) is 5.56. The van der Waals surface area contributed by atoms with Crippen LogP contribution in [0.25, 0.3) is 0 Å². The number of hydrogen-bond acceptors (Lipinski definition) is 3. The van der Waals surface area contributed by atoms with Crippen molar-refractivity contribution >= 4 is 0 Å². The highest BCUT2D eigenvalue weighted by Crippen LogP contribution is 2.30. The lowest BCUT2D eigenvalue weighted by Gasteiger charge is -2.28. The highest BCUT2D eigenvalue weighted by atomic mass is 19.1. The number of rotatable bonds is 5. The van der Waals surface area contributed by atoms with Gasteiger partial charge in [-0.1, -0.05) is 12.8 Å². The number of likely N-dealkylation sites (N-methyl/N-ethyl adjacent to an activating group) is 1. The maximum absolute atomic E-state index is 13.3. The Bertz CT molecular complexity index is 430. The molecule has 19 heavy (non-hydrogen) atoms. The summed E-state index contributed by atoms with van der Waals surface area (Å²) < 4.78 is 18.5. The van der Waals surface area contributed by atoms with E-state index in [1.165, 1.54) is 12.1 Å². The molecule has 0 heterocycles. The van der Waals surface area contributed by atoms with Crippen molar-refractivity contribution in [2.75, 3.05) is 20.7 Å². The first-order chi connectivity index (χ1) is 9.02. The van der Waals surface area contributed by atoms with Crippen LogP contribution in [0.15, 0.2) is 18.2 Å². The van der Waals surface area contributed by atoms with Gasteiger partial charge in [-0.15, -0.1) is 0 Å². The summed E-state index contributed by atoms with van der Waals surface area (Å²) in [7, 11) is 3.53. The molecule has 0 radical (unpaired) electrons. The van der Waals surface area contributed by atoms with Crippen molar-refractivity contribution in [1.29, 1.82) is 0 Å². The van der Waals surface area contributed by atoms with Gasteiger partial charge in [0.2, 0.25) is 0 Å². The van der Waals surface area contributed by atoms with Crippen LogP contribution in [-0.2, 0) is 6.54 Å². The maximum atomic E-state index is 13.3. The molecule has 0 saturated heterocycles. The molecule has 1 aromatic carbocycles. The SMILES string of the molecule is COc1ccc(F)cc1CN(C)CC1(O)CCCC1. The van der Waals surface area contributed by atoms with Crippen molar-refractivity contribution < 1.29 is 14.2 Å². The van der Waals surface area contributed by atoms with Gasteiger partial charge in [-0.25, -0.2) is 4.39 Å². The molecule has 3 nitrogen and oxygen atoms in total. The zero-order chi connectivity index (χ0) is 13.9. The Balaban J connectivity index is 2.02. The van der Waals surface area contributed by atoms with Crippen molar-refractivity contribution in [2.24, 2.45) is 0 Å². The number of hydrogen-bond donors (Lipinski definition) is 1. The van der Waals surface area contributed by atoms with E-state index < -0.39 is 5.60 Å². The summed E-state index contributed by atoms with van der Waals surface area (Å²) in [5, 5.41) is 10.4. The predicted molar refractivity (Wildman–Crippen MR) is 72.7 cm³/mol. The first-order valence-corrected chi connectivity index (χ1v) is 6.76. The Morgan fingerprint density at radius 1 is 1.37 bits per heavy atom. The number of halogens is 1. The van der Waals surface area contributed by atoms with Gasteiger partial charge in [0.25, 0.3) is 0 Å². The lowest BCUT2D eigenvalue weighted by Crippen LogP contribution is -2.38. The van der Waals surface area contributed by atoms with Gasteiger partial charge in [0.05, 0.1) is 12.7 Å². The van der Waals surface area contributed by atoms with E-state index in [4.69, 9.17) is 4.74 Å². The average Bonchev–Trinajstić information content (AvgIpc) is 2.75. The van der Waals surface area contributed by atoms with E-state index in [-0.39, 0.29) is 5.82 Å². The summed E-state index contributed by atoms with van der Waals surface area (Å²) in [6.45, 7) is 1.19. The number of benzene rings is 1. The molecule has 0 unspecified atom stereocenters. The zero-order valence-electron chi connectivity index (χ0n) is 11.7. The molecule has 1 aliphatic rings. The van der Waals surface area contributed by atoms with E-state index in [0.717, 1.165) is 31.2 Å². The standard InChI is InChI=1S/C15H22FNO2/c1-17(11-15(18)7-3-4-8-15)10-12-9-13(16)5-6-14(12)19-2/h5-6,9,18H,3-4,7-8,10-11H2,1-2H3. The van der Waals surface area contributed by atoms with Crippen LogP contribution in [0.3, 0.4) is 0 Å². The molecule has 1 aromatic rings. The van der Waals surface area contributed by atoms with Crippen LogP contribution in [0.4, 0.5) is 4.39 Å². The minimum absolute atomic E-state index is 0.260. The molecule has 0 bridgehead atoms. The van der Waals surface area contributed by atoms with Crippen molar-refractivity contribution in [3.8, 4) is 5.75 Å². The lowest BCUT2D eigenvalue weighted by atomic mass is 10.0. The molecule has 4 heteroatoms. The van der Waals surface area contributed by atoms with Gasteiger partial charge in [0.15, 0.2) is 0 Å². The Labute approximate surface area is 114 Å². The fraction of sp³-hybridized carbons (Fsp3) is 0.600. The van der Waals surface area contributed by atoms with Gasteiger partial charge in [0.1, 0.15) is 11.6 Å². The summed E-state index contributed by atoms with van der Waals surface area (Å²) >= 11 is 0. The molecule has 106 valence electrons. The largest absolute Gasteiger partial charge is 0.496 e.